The number of benzene rings is 1. The summed E-state index contributed by atoms with van der Waals surface area (Å²) in [6, 6.07) is 11.6. The molecule has 6 nitrogen and oxygen atoms in total. The third-order valence-electron chi connectivity index (χ3n) is 4.68. The van der Waals surface area contributed by atoms with Gasteiger partial charge in [0.05, 0.1) is 17.9 Å². The summed E-state index contributed by atoms with van der Waals surface area (Å²) in [6.45, 7) is 6.26. The van der Waals surface area contributed by atoms with E-state index in [2.05, 4.69) is 11.1 Å². The lowest BCUT2D eigenvalue weighted by Crippen LogP contribution is -2.28. The Bertz CT molecular complexity index is 1030. The van der Waals surface area contributed by atoms with Crippen LogP contribution in [-0.2, 0) is 16.0 Å². The maximum atomic E-state index is 12.1. The standard InChI is InChI=1S/C22H24N2O4/c1-22(2,3)28-20(21(25)26)18-19(24-11-5-4-8-17(24)23-18)15-9-10-16-14(13-15)7-6-12-27-16/h4-5,8-11,13,20H,6-7,12H2,1-3H3,(H,25,26). The third kappa shape index (κ3) is 3.47. The number of hydrogen-bond donors (Lipinski definition) is 1. The molecular formula is C22H24N2O4. The van der Waals surface area contributed by atoms with E-state index < -0.39 is 17.7 Å². The minimum absolute atomic E-state index is 0.408. The Hall–Kier alpha value is -2.86. The quantitative estimate of drug-likeness (QED) is 0.732. The minimum Gasteiger partial charge on any atom is -0.493 e. The molecule has 1 aliphatic rings. The molecule has 0 spiro atoms. The molecule has 0 saturated carbocycles. The molecule has 1 atom stereocenters. The maximum Gasteiger partial charge on any atom is 0.339 e. The second kappa shape index (κ2) is 6.95. The van der Waals surface area contributed by atoms with E-state index in [1.807, 2.05) is 61.7 Å². The molecule has 0 fully saturated rings. The third-order valence-corrected chi connectivity index (χ3v) is 4.68. The van der Waals surface area contributed by atoms with E-state index in [-0.39, 0.29) is 0 Å². The molecule has 1 aliphatic heterocycles. The summed E-state index contributed by atoms with van der Waals surface area (Å²) in [7, 11) is 0. The fraction of sp³-hybridized carbons (Fsp3) is 0.364. The van der Waals surface area contributed by atoms with Crippen molar-refractivity contribution in [1.29, 1.82) is 0 Å². The zero-order chi connectivity index (χ0) is 19.9. The molecule has 3 heterocycles. The first kappa shape index (κ1) is 18.5. The van der Waals surface area contributed by atoms with Gasteiger partial charge in [0.1, 0.15) is 17.1 Å². The zero-order valence-corrected chi connectivity index (χ0v) is 16.3. The number of imidazole rings is 1. The molecule has 0 amide bonds. The van der Waals surface area contributed by atoms with Crippen LogP contribution < -0.4 is 4.74 Å². The lowest BCUT2D eigenvalue weighted by atomic mass is 9.99. The number of fused-ring (bicyclic) bond motifs is 2. The number of ether oxygens (including phenoxy) is 2. The maximum absolute atomic E-state index is 12.1. The molecule has 2 aromatic heterocycles. The van der Waals surface area contributed by atoms with Gasteiger partial charge in [0.2, 0.25) is 0 Å². The van der Waals surface area contributed by atoms with Gasteiger partial charge in [0.25, 0.3) is 0 Å². The lowest BCUT2D eigenvalue weighted by molar-refractivity contribution is -0.161. The Balaban J connectivity index is 1.92. The predicted molar refractivity (Wildman–Crippen MR) is 106 cm³/mol. The summed E-state index contributed by atoms with van der Waals surface area (Å²) in [4.78, 5) is 16.7. The van der Waals surface area contributed by atoms with E-state index in [0.29, 0.717) is 11.3 Å². The van der Waals surface area contributed by atoms with Gasteiger partial charge in [-0.15, -0.1) is 0 Å². The molecule has 1 unspecified atom stereocenters. The summed E-state index contributed by atoms with van der Waals surface area (Å²) < 4.78 is 13.5. The topological polar surface area (TPSA) is 73.1 Å². The van der Waals surface area contributed by atoms with Crippen LogP contribution >= 0.6 is 0 Å². The molecule has 6 heteroatoms. The van der Waals surface area contributed by atoms with E-state index in [4.69, 9.17) is 9.47 Å². The summed E-state index contributed by atoms with van der Waals surface area (Å²) in [6.07, 6.45) is 2.65. The van der Waals surface area contributed by atoms with Gasteiger partial charge in [0, 0.05) is 11.8 Å². The number of hydrogen-bond acceptors (Lipinski definition) is 4. The molecule has 0 radical (unpaired) electrons. The molecule has 3 aromatic rings. The van der Waals surface area contributed by atoms with Crippen LogP contribution in [0, 0.1) is 0 Å². The highest BCUT2D eigenvalue weighted by atomic mass is 16.5. The second-order valence-corrected chi connectivity index (χ2v) is 8.00. The van der Waals surface area contributed by atoms with Gasteiger partial charge in [-0.25, -0.2) is 9.78 Å². The van der Waals surface area contributed by atoms with Crippen molar-refractivity contribution in [1.82, 2.24) is 9.38 Å². The number of aromatic nitrogens is 2. The van der Waals surface area contributed by atoms with Crippen LogP contribution in [0.15, 0.2) is 42.6 Å². The molecule has 146 valence electrons. The van der Waals surface area contributed by atoms with Gasteiger partial charge in [-0.3, -0.25) is 4.40 Å². The van der Waals surface area contributed by atoms with E-state index in [9.17, 15) is 9.90 Å². The molecule has 0 aliphatic carbocycles. The molecule has 28 heavy (non-hydrogen) atoms. The van der Waals surface area contributed by atoms with Gasteiger partial charge in [0.15, 0.2) is 6.10 Å². The van der Waals surface area contributed by atoms with Crippen LogP contribution in [0.25, 0.3) is 16.9 Å². The number of carbonyl (C=O) groups is 1. The highest BCUT2D eigenvalue weighted by Gasteiger charge is 2.32. The highest BCUT2D eigenvalue weighted by molar-refractivity contribution is 5.79. The fourth-order valence-corrected chi connectivity index (χ4v) is 3.57. The molecule has 1 N–H and O–H groups in total. The Morgan fingerprint density at radius 3 is 2.86 bits per heavy atom. The Labute approximate surface area is 163 Å². The van der Waals surface area contributed by atoms with Crippen LogP contribution in [-0.4, -0.2) is 32.7 Å². The monoisotopic (exact) mass is 380 g/mol. The van der Waals surface area contributed by atoms with Crippen molar-refractivity contribution in [3.63, 3.8) is 0 Å². The average molecular weight is 380 g/mol. The van der Waals surface area contributed by atoms with Crippen LogP contribution in [0.3, 0.4) is 0 Å². The van der Waals surface area contributed by atoms with E-state index >= 15 is 0 Å². The van der Waals surface area contributed by atoms with Crippen LogP contribution in [0.5, 0.6) is 5.75 Å². The predicted octanol–water partition coefficient (Wildman–Crippen LogP) is 4.27. The summed E-state index contributed by atoms with van der Waals surface area (Å²) >= 11 is 0. The number of carboxylic acids is 1. The van der Waals surface area contributed by atoms with Gasteiger partial charge < -0.3 is 14.6 Å². The fourth-order valence-electron chi connectivity index (χ4n) is 3.57. The van der Waals surface area contributed by atoms with E-state index in [1.165, 1.54) is 0 Å². The van der Waals surface area contributed by atoms with Crippen molar-refractivity contribution in [3.05, 3.63) is 53.9 Å². The average Bonchev–Trinajstić information content (AvgIpc) is 3.04. The van der Waals surface area contributed by atoms with Gasteiger partial charge in [-0.05, 0) is 69.5 Å². The number of aryl methyl sites for hydroxylation is 1. The normalized spacial score (nSPS) is 15.1. The highest BCUT2D eigenvalue weighted by Crippen LogP contribution is 2.36. The summed E-state index contributed by atoms with van der Waals surface area (Å²) in [5, 5.41) is 9.88. The number of carboxylic acid groups (broad SMARTS) is 1. The first-order valence-corrected chi connectivity index (χ1v) is 9.47. The van der Waals surface area contributed by atoms with Crippen molar-refractivity contribution in [2.45, 2.75) is 45.3 Å². The number of nitrogens with zero attached hydrogens (tertiary/aromatic N) is 2. The Morgan fingerprint density at radius 2 is 2.11 bits per heavy atom. The number of rotatable bonds is 4. The summed E-state index contributed by atoms with van der Waals surface area (Å²) in [5.41, 5.74) is 3.24. The van der Waals surface area contributed by atoms with Gasteiger partial charge >= 0.3 is 5.97 Å². The summed E-state index contributed by atoms with van der Waals surface area (Å²) in [5.74, 6) is -0.160. The minimum atomic E-state index is -1.16. The second-order valence-electron chi connectivity index (χ2n) is 8.00. The first-order valence-electron chi connectivity index (χ1n) is 9.47. The van der Waals surface area contributed by atoms with Gasteiger partial charge in [-0.2, -0.15) is 0 Å². The van der Waals surface area contributed by atoms with Crippen molar-refractivity contribution in [2.75, 3.05) is 6.61 Å². The van der Waals surface area contributed by atoms with Gasteiger partial charge in [-0.1, -0.05) is 6.07 Å². The van der Waals surface area contributed by atoms with Crippen LogP contribution in [0.1, 0.15) is 44.6 Å². The van der Waals surface area contributed by atoms with Crippen molar-refractivity contribution < 1.29 is 19.4 Å². The molecule has 0 bridgehead atoms. The largest absolute Gasteiger partial charge is 0.493 e. The van der Waals surface area contributed by atoms with Crippen LogP contribution in [0.2, 0.25) is 0 Å². The molecule has 1 aromatic carbocycles. The smallest absolute Gasteiger partial charge is 0.339 e. The van der Waals surface area contributed by atoms with Crippen LogP contribution in [0.4, 0.5) is 0 Å². The van der Waals surface area contributed by atoms with Crippen molar-refractivity contribution >= 4 is 11.6 Å². The Kier molecular flexibility index (Phi) is 4.59. The molecule has 4 rings (SSSR count). The zero-order valence-electron chi connectivity index (χ0n) is 16.3. The first-order chi connectivity index (χ1) is 13.3. The Morgan fingerprint density at radius 1 is 1.29 bits per heavy atom. The molecule has 0 saturated heterocycles. The lowest BCUT2D eigenvalue weighted by Gasteiger charge is -2.25. The van der Waals surface area contributed by atoms with Crippen molar-refractivity contribution in [3.8, 4) is 17.0 Å². The van der Waals surface area contributed by atoms with E-state index in [0.717, 1.165) is 42.0 Å². The van der Waals surface area contributed by atoms with E-state index in [1.54, 1.807) is 0 Å². The molecular weight excluding hydrogens is 356 g/mol. The van der Waals surface area contributed by atoms with Crippen molar-refractivity contribution in [2.24, 2.45) is 0 Å². The SMILES string of the molecule is CC(C)(C)OC(C(=O)O)c1nc2ccccn2c1-c1ccc2c(c1)CCCO2. The number of pyridine rings is 1. The number of aliphatic carboxylic acids is 1.